The zero-order chi connectivity index (χ0) is 20.1. The first kappa shape index (κ1) is 20.1. The van der Waals surface area contributed by atoms with Crippen molar-refractivity contribution < 1.29 is 18.8 Å². The molecule has 0 radical (unpaired) electrons. The van der Waals surface area contributed by atoms with E-state index in [9.17, 15) is 9.59 Å². The van der Waals surface area contributed by atoms with E-state index in [0.717, 1.165) is 11.3 Å². The molecular weight excluding hydrogens is 398 g/mol. The highest BCUT2D eigenvalue weighted by Gasteiger charge is 2.32. The van der Waals surface area contributed by atoms with Crippen molar-refractivity contribution in [3.63, 3.8) is 0 Å². The number of thioether (sulfide) groups is 1. The van der Waals surface area contributed by atoms with Gasteiger partial charge in [-0.05, 0) is 37.6 Å². The Kier molecular flexibility index (Phi) is 6.48. The van der Waals surface area contributed by atoms with Crippen LogP contribution in [0.2, 0.25) is 0 Å². The summed E-state index contributed by atoms with van der Waals surface area (Å²) in [5.41, 5.74) is 0.878. The third kappa shape index (κ3) is 4.99. The van der Waals surface area contributed by atoms with Crippen LogP contribution < -0.4 is 10.1 Å². The molecule has 0 spiro atoms. The van der Waals surface area contributed by atoms with Crippen LogP contribution >= 0.6 is 24.0 Å². The Morgan fingerprint density at radius 2 is 2.14 bits per heavy atom. The Labute approximate surface area is 172 Å². The van der Waals surface area contributed by atoms with Crippen molar-refractivity contribution in [1.82, 2.24) is 10.1 Å². The molecule has 2 heterocycles. The molecule has 1 aromatic heterocycles. The molecule has 9 heteroatoms. The maximum absolute atomic E-state index is 12.6. The summed E-state index contributed by atoms with van der Waals surface area (Å²) in [6, 6.07) is 9.09. The van der Waals surface area contributed by atoms with Crippen molar-refractivity contribution in [2.45, 2.75) is 20.3 Å². The van der Waals surface area contributed by atoms with Gasteiger partial charge in [0, 0.05) is 19.0 Å². The van der Waals surface area contributed by atoms with Crippen molar-refractivity contribution in [1.29, 1.82) is 0 Å². The molecule has 1 aliphatic rings. The highest BCUT2D eigenvalue weighted by Crippen LogP contribution is 2.32. The van der Waals surface area contributed by atoms with Gasteiger partial charge in [-0.15, -0.1) is 0 Å². The smallest absolute Gasteiger partial charge is 0.266 e. The zero-order valence-electron chi connectivity index (χ0n) is 15.4. The molecule has 2 aromatic rings. The Balaban J connectivity index is 1.58. The fourth-order valence-electron chi connectivity index (χ4n) is 2.52. The summed E-state index contributed by atoms with van der Waals surface area (Å²) < 4.78 is 10.8. The number of aryl methyl sites for hydroxylation is 1. The fraction of sp³-hybridized carbons (Fsp3) is 0.263. The van der Waals surface area contributed by atoms with Gasteiger partial charge in [0.15, 0.2) is 5.82 Å². The van der Waals surface area contributed by atoms with Crippen LogP contribution in [0.25, 0.3) is 6.08 Å². The molecule has 0 atom stereocenters. The number of rotatable bonds is 7. The van der Waals surface area contributed by atoms with Crippen LogP contribution in [-0.2, 0) is 9.59 Å². The van der Waals surface area contributed by atoms with Gasteiger partial charge in [0.05, 0.1) is 11.5 Å². The third-order valence-corrected chi connectivity index (χ3v) is 5.20. The van der Waals surface area contributed by atoms with E-state index >= 15 is 0 Å². The highest BCUT2D eigenvalue weighted by molar-refractivity contribution is 8.26. The van der Waals surface area contributed by atoms with Crippen LogP contribution in [0.5, 0.6) is 5.75 Å². The molecule has 2 amide bonds. The Bertz CT molecular complexity index is 922. The van der Waals surface area contributed by atoms with Gasteiger partial charge < -0.3 is 14.6 Å². The summed E-state index contributed by atoms with van der Waals surface area (Å²) >= 11 is 6.53. The quantitative estimate of drug-likeness (QED) is 0.544. The van der Waals surface area contributed by atoms with Crippen molar-refractivity contribution >= 4 is 52.0 Å². The zero-order valence-corrected chi connectivity index (χ0v) is 17.1. The van der Waals surface area contributed by atoms with E-state index in [4.69, 9.17) is 21.5 Å². The van der Waals surface area contributed by atoms with Crippen LogP contribution in [0.4, 0.5) is 5.82 Å². The molecule has 7 nitrogen and oxygen atoms in total. The van der Waals surface area contributed by atoms with Crippen molar-refractivity contribution in [2.75, 3.05) is 18.5 Å². The van der Waals surface area contributed by atoms with E-state index < -0.39 is 0 Å². The molecule has 1 N–H and O–H groups in total. The topological polar surface area (TPSA) is 84.7 Å². The van der Waals surface area contributed by atoms with Gasteiger partial charge in [-0.25, -0.2) is 0 Å². The maximum atomic E-state index is 12.6. The standard InChI is InChI=1S/C19H19N3O4S2/c1-3-25-14-6-4-13(5-7-14)11-15-18(24)22(19(27)28-15)9-8-17(23)20-16-10-12(2)26-21-16/h4-7,10-11H,3,8-9H2,1-2H3,(H,20,21,23)/b15-11-. The average molecular weight is 418 g/mol. The number of nitrogens with one attached hydrogen (secondary N) is 1. The lowest BCUT2D eigenvalue weighted by Crippen LogP contribution is -2.31. The number of amides is 2. The average Bonchev–Trinajstić information content (AvgIpc) is 3.18. The predicted molar refractivity (Wildman–Crippen MR) is 112 cm³/mol. The second-order valence-electron chi connectivity index (χ2n) is 5.96. The molecule has 28 heavy (non-hydrogen) atoms. The van der Waals surface area contributed by atoms with Gasteiger partial charge in [0.1, 0.15) is 15.8 Å². The summed E-state index contributed by atoms with van der Waals surface area (Å²) in [6.45, 7) is 4.46. The molecule has 1 saturated heterocycles. The Morgan fingerprint density at radius 1 is 1.39 bits per heavy atom. The van der Waals surface area contributed by atoms with Gasteiger partial charge >= 0.3 is 0 Å². The lowest BCUT2D eigenvalue weighted by molar-refractivity contribution is -0.122. The molecule has 1 fully saturated rings. The van der Waals surface area contributed by atoms with E-state index in [1.165, 1.54) is 16.7 Å². The first-order valence-electron chi connectivity index (χ1n) is 8.67. The van der Waals surface area contributed by atoms with Crippen molar-refractivity contribution in [3.8, 4) is 5.75 Å². The highest BCUT2D eigenvalue weighted by atomic mass is 32.2. The predicted octanol–water partition coefficient (Wildman–Crippen LogP) is 3.61. The molecule has 0 saturated carbocycles. The van der Waals surface area contributed by atoms with Crippen molar-refractivity contribution in [2.24, 2.45) is 0 Å². The van der Waals surface area contributed by atoms with Gasteiger partial charge in [0.2, 0.25) is 5.91 Å². The van der Waals surface area contributed by atoms with Crippen molar-refractivity contribution in [3.05, 3.63) is 46.6 Å². The van der Waals surface area contributed by atoms with Crippen LogP contribution in [0, 0.1) is 6.92 Å². The second-order valence-corrected chi connectivity index (χ2v) is 7.63. The maximum Gasteiger partial charge on any atom is 0.266 e. The second kappa shape index (κ2) is 9.03. The molecule has 3 rings (SSSR count). The molecule has 0 unspecified atom stereocenters. The number of thiocarbonyl (C=S) groups is 1. The number of carbonyl (C=O) groups excluding carboxylic acids is 2. The van der Waals surface area contributed by atoms with Crippen LogP contribution in [0.1, 0.15) is 24.7 Å². The summed E-state index contributed by atoms with van der Waals surface area (Å²) in [5.74, 6) is 1.27. The monoisotopic (exact) mass is 417 g/mol. The van der Waals surface area contributed by atoms with Gasteiger partial charge in [0.25, 0.3) is 5.91 Å². The van der Waals surface area contributed by atoms with E-state index in [2.05, 4.69) is 10.5 Å². The van der Waals surface area contributed by atoms with Crippen LogP contribution in [0.15, 0.2) is 39.8 Å². The van der Waals surface area contributed by atoms with Gasteiger partial charge in [-0.1, -0.05) is 41.3 Å². The number of ether oxygens (including phenoxy) is 1. The molecule has 0 aliphatic carbocycles. The SMILES string of the molecule is CCOc1ccc(/C=C2\SC(=S)N(CCC(=O)Nc3cc(C)on3)C2=O)cc1. The minimum absolute atomic E-state index is 0.106. The number of nitrogens with zero attached hydrogens (tertiary/aromatic N) is 2. The summed E-state index contributed by atoms with van der Waals surface area (Å²) in [7, 11) is 0. The summed E-state index contributed by atoms with van der Waals surface area (Å²) in [6.07, 6.45) is 1.89. The van der Waals surface area contributed by atoms with Crippen LogP contribution in [-0.4, -0.2) is 39.3 Å². The Hall–Kier alpha value is -2.65. The van der Waals surface area contributed by atoms with Crippen LogP contribution in [0.3, 0.4) is 0 Å². The minimum atomic E-state index is -0.266. The Morgan fingerprint density at radius 3 is 2.79 bits per heavy atom. The lowest BCUT2D eigenvalue weighted by atomic mass is 10.2. The van der Waals surface area contributed by atoms with Gasteiger partial charge in [-0.2, -0.15) is 0 Å². The number of aromatic nitrogens is 1. The number of anilines is 1. The normalized spacial score (nSPS) is 15.4. The molecule has 0 bridgehead atoms. The van der Waals surface area contributed by atoms with E-state index in [-0.39, 0.29) is 24.8 Å². The van der Waals surface area contributed by atoms with E-state index in [1.54, 1.807) is 19.1 Å². The molecule has 1 aliphatic heterocycles. The fourth-order valence-corrected chi connectivity index (χ4v) is 3.82. The molecule has 146 valence electrons. The largest absolute Gasteiger partial charge is 0.494 e. The number of hydrogen-bond donors (Lipinski definition) is 1. The number of carbonyl (C=O) groups is 2. The minimum Gasteiger partial charge on any atom is -0.494 e. The van der Waals surface area contributed by atoms with Gasteiger partial charge in [-0.3, -0.25) is 14.5 Å². The first-order chi connectivity index (χ1) is 13.5. The molecular formula is C19H19N3O4S2. The summed E-state index contributed by atoms with van der Waals surface area (Å²) in [5, 5.41) is 6.33. The van der Waals surface area contributed by atoms with E-state index in [0.29, 0.717) is 27.4 Å². The number of hydrogen-bond acceptors (Lipinski definition) is 7. The number of benzene rings is 1. The lowest BCUT2D eigenvalue weighted by Gasteiger charge is -2.13. The summed E-state index contributed by atoms with van der Waals surface area (Å²) in [4.78, 5) is 26.6. The van der Waals surface area contributed by atoms with E-state index in [1.807, 2.05) is 31.2 Å². The molecule has 1 aromatic carbocycles. The third-order valence-electron chi connectivity index (χ3n) is 3.82. The first-order valence-corrected chi connectivity index (χ1v) is 9.90.